The van der Waals surface area contributed by atoms with Crippen molar-refractivity contribution >= 4 is 35.2 Å². The van der Waals surface area contributed by atoms with Crippen molar-refractivity contribution in [2.24, 2.45) is 0 Å². The number of carbonyl (C=O) groups excluding carboxylic acids is 2. The van der Waals surface area contributed by atoms with Gasteiger partial charge < -0.3 is 20.2 Å². The number of thioether (sulfide) groups is 1. The zero-order valence-corrected chi connectivity index (χ0v) is 14.3. The van der Waals surface area contributed by atoms with Gasteiger partial charge in [-0.3, -0.25) is 9.59 Å². The normalized spacial score (nSPS) is 11.6. The number of carboxylic acids is 1. The zero-order valence-electron chi connectivity index (χ0n) is 13.5. The average Bonchev–Trinajstić information content (AvgIpc) is 3.13. The summed E-state index contributed by atoms with van der Waals surface area (Å²) in [6.45, 7) is 0. The lowest BCUT2D eigenvalue weighted by Gasteiger charge is -2.16. The number of hydrogen-bond donors (Lipinski definition) is 3. The first kappa shape index (κ1) is 18.6. The molecule has 2 rings (SSSR count). The van der Waals surface area contributed by atoms with Crippen LogP contribution in [0.25, 0.3) is 0 Å². The Hall–Kier alpha value is -2.74. The summed E-state index contributed by atoms with van der Waals surface area (Å²) in [6, 6.07) is 8.46. The maximum absolute atomic E-state index is 12.5. The van der Waals surface area contributed by atoms with E-state index in [4.69, 9.17) is 4.42 Å². The highest BCUT2D eigenvalue weighted by atomic mass is 32.2. The molecule has 0 aliphatic rings. The molecule has 0 spiro atoms. The van der Waals surface area contributed by atoms with Crippen LogP contribution < -0.4 is 10.6 Å². The smallest absolute Gasteiger partial charge is 0.326 e. The first-order chi connectivity index (χ1) is 12.0. The molecule has 1 atom stereocenters. The van der Waals surface area contributed by atoms with E-state index in [2.05, 4.69) is 10.6 Å². The fraction of sp³-hybridized carbons (Fsp3) is 0.235. The minimum atomic E-state index is -1.10. The molecule has 0 aliphatic heterocycles. The fourth-order valence-corrected chi connectivity index (χ4v) is 2.58. The first-order valence-corrected chi connectivity index (χ1v) is 8.88. The third-order valence-electron chi connectivity index (χ3n) is 3.38. The first-order valence-electron chi connectivity index (χ1n) is 7.49. The van der Waals surface area contributed by atoms with Gasteiger partial charge in [-0.1, -0.05) is 12.1 Å². The van der Waals surface area contributed by atoms with Crippen LogP contribution in [0.4, 0.5) is 5.69 Å². The molecular formula is C17H18N2O5S. The molecule has 0 saturated carbocycles. The van der Waals surface area contributed by atoms with E-state index >= 15 is 0 Å². The number of rotatable bonds is 8. The molecule has 1 aromatic carbocycles. The van der Waals surface area contributed by atoms with Crippen LogP contribution in [-0.2, 0) is 4.79 Å². The summed E-state index contributed by atoms with van der Waals surface area (Å²) in [6.07, 6.45) is 3.54. The summed E-state index contributed by atoms with van der Waals surface area (Å²) in [5.74, 6) is -1.45. The van der Waals surface area contributed by atoms with Gasteiger partial charge in [0.1, 0.15) is 6.04 Å². The van der Waals surface area contributed by atoms with E-state index < -0.39 is 23.8 Å². The Morgan fingerprint density at radius 2 is 1.92 bits per heavy atom. The summed E-state index contributed by atoms with van der Waals surface area (Å²) >= 11 is 1.50. The molecule has 2 aromatic rings. The van der Waals surface area contributed by atoms with Crippen LogP contribution in [0.1, 0.15) is 27.3 Å². The lowest BCUT2D eigenvalue weighted by Crippen LogP contribution is -2.41. The van der Waals surface area contributed by atoms with Gasteiger partial charge in [0, 0.05) is 0 Å². The summed E-state index contributed by atoms with van der Waals surface area (Å²) in [4.78, 5) is 35.8. The Morgan fingerprint density at radius 1 is 1.16 bits per heavy atom. The minimum absolute atomic E-state index is 0.110. The van der Waals surface area contributed by atoms with Crippen molar-refractivity contribution in [3.63, 3.8) is 0 Å². The van der Waals surface area contributed by atoms with E-state index in [9.17, 15) is 19.5 Å². The van der Waals surface area contributed by atoms with Crippen molar-refractivity contribution in [2.75, 3.05) is 17.3 Å². The number of anilines is 1. The second-order valence-electron chi connectivity index (χ2n) is 5.12. The fourth-order valence-electron chi connectivity index (χ4n) is 2.11. The quantitative estimate of drug-likeness (QED) is 0.666. The van der Waals surface area contributed by atoms with Crippen LogP contribution in [0.2, 0.25) is 0 Å². The van der Waals surface area contributed by atoms with Gasteiger partial charge in [0.05, 0.1) is 17.5 Å². The average molecular weight is 362 g/mol. The number of nitrogens with one attached hydrogen (secondary N) is 2. The van der Waals surface area contributed by atoms with Crippen LogP contribution >= 0.6 is 11.8 Å². The predicted octanol–water partition coefficient (Wildman–Crippen LogP) is 2.47. The van der Waals surface area contributed by atoms with Gasteiger partial charge in [0.2, 0.25) is 0 Å². The van der Waals surface area contributed by atoms with Crippen molar-refractivity contribution in [3.8, 4) is 0 Å². The van der Waals surface area contributed by atoms with Gasteiger partial charge in [-0.2, -0.15) is 11.8 Å². The van der Waals surface area contributed by atoms with Gasteiger partial charge in [0.15, 0.2) is 5.76 Å². The highest BCUT2D eigenvalue weighted by Crippen LogP contribution is 2.17. The lowest BCUT2D eigenvalue weighted by atomic mass is 10.1. The van der Waals surface area contributed by atoms with E-state index in [0.717, 1.165) is 0 Å². The van der Waals surface area contributed by atoms with Crippen LogP contribution in [-0.4, -0.2) is 40.9 Å². The molecular weight excluding hydrogens is 344 g/mol. The maximum atomic E-state index is 12.5. The highest BCUT2D eigenvalue weighted by Gasteiger charge is 2.22. The number of benzene rings is 1. The van der Waals surface area contributed by atoms with E-state index in [0.29, 0.717) is 12.2 Å². The van der Waals surface area contributed by atoms with Crippen LogP contribution in [0, 0.1) is 0 Å². The lowest BCUT2D eigenvalue weighted by molar-refractivity contribution is -0.139. The SMILES string of the molecule is CSCCC(NC(=O)c1ccccc1NC(=O)c1ccco1)C(=O)O. The Bertz CT molecular complexity index is 745. The standard InChI is InChI=1S/C17H18N2O5S/c1-25-10-8-13(17(22)23)19-15(20)11-5-2-3-6-12(11)18-16(21)14-7-4-9-24-14/h2-7,9,13H,8,10H2,1H3,(H,18,21)(H,19,20)(H,22,23). The van der Waals surface area contributed by atoms with Gasteiger partial charge >= 0.3 is 5.97 Å². The van der Waals surface area contributed by atoms with Crippen molar-refractivity contribution in [1.29, 1.82) is 0 Å². The van der Waals surface area contributed by atoms with Gasteiger partial charge in [-0.05, 0) is 42.7 Å². The molecule has 1 unspecified atom stereocenters. The molecule has 0 bridgehead atoms. The number of hydrogen-bond acceptors (Lipinski definition) is 5. The molecule has 132 valence electrons. The van der Waals surface area contributed by atoms with E-state index in [1.807, 2.05) is 6.26 Å². The topological polar surface area (TPSA) is 109 Å². The largest absolute Gasteiger partial charge is 0.480 e. The Balaban J connectivity index is 2.14. The van der Waals surface area contributed by atoms with Crippen molar-refractivity contribution in [1.82, 2.24) is 5.32 Å². The predicted molar refractivity (Wildman–Crippen MR) is 95.0 cm³/mol. The van der Waals surface area contributed by atoms with E-state index in [-0.39, 0.29) is 17.0 Å². The van der Waals surface area contributed by atoms with Crippen LogP contribution in [0.15, 0.2) is 47.1 Å². The summed E-state index contributed by atoms with van der Waals surface area (Å²) < 4.78 is 5.02. The van der Waals surface area contributed by atoms with Gasteiger partial charge in [0.25, 0.3) is 11.8 Å². The number of para-hydroxylation sites is 1. The second-order valence-corrected chi connectivity index (χ2v) is 6.11. The minimum Gasteiger partial charge on any atom is -0.480 e. The summed E-state index contributed by atoms with van der Waals surface area (Å²) in [7, 11) is 0. The zero-order chi connectivity index (χ0) is 18.2. The number of carbonyl (C=O) groups is 3. The molecule has 1 heterocycles. The third-order valence-corrected chi connectivity index (χ3v) is 4.02. The van der Waals surface area contributed by atoms with Crippen LogP contribution in [0.3, 0.4) is 0 Å². The van der Waals surface area contributed by atoms with Crippen molar-refractivity contribution < 1.29 is 23.9 Å². The van der Waals surface area contributed by atoms with Crippen LogP contribution in [0.5, 0.6) is 0 Å². The molecule has 8 heteroatoms. The molecule has 2 amide bonds. The summed E-state index contributed by atoms with van der Waals surface area (Å²) in [5.41, 5.74) is 0.452. The number of furan rings is 1. The number of carboxylic acid groups (broad SMARTS) is 1. The monoisotopic (exact) mass is 362 g/mol. The van der Waals surface area contributed by atoms with Crippen molar-refractivity contribution in [3.05, 3.63) is 54.0 Å². The molecule has 0 fully saturated rings. The molecule has 0 saturated heterocycles. The number of aliphatic carboxylic acids is 1. The Morgan fingerprint density at radius 3 is 2.56 bits per heavy atom. The molecule has 7 nitrogen and oxygen atoms in total. The maximum Gasteiger partial charge on any atom is 0.326 e. The van der Waals surface area contributed by atoms with Gasteiger partial charge in [-0.15, -0.1) is 0 Å². The Labute approximate surface area is 148 Å². The third kappa shape index (κ3) is 5.12. The van der Waals surface area contributed by atoms with Gasteiger partial charge in [-0.25, -0.2) is 4.79 Å². The number of amides is 2. The molecule has 3 N–H and O–H groups in total. The molecule has 0 radical (unpaired) electrons. The summed E-state index contributed by atoms with van der Waals surface area (Å²) in [5, 5.41) is 14.3. The highest BCUT2D eigenvalue weighted by molar-refractivity contribution is 7.98. The van der Waals surface area contributed by atoms with E-state index in [1.54, 1.807) is 24.3 Å². The van der Waals surface area contributed by atoms with E-state index in [1.165, 1.54) is 30.2 Å². The molecule has 1 aromatic heterocycles. The Kier molecular flexibility index (Phi) is 6.64. The second kappa shape index (κ2) is 8.93. The molecule has 25 heavy (non-hydrogen) atoms. The van der Waals surface area contributed by atoms with Crippen molar-refractivity contribution in [2.45, 2.75) is 12.5 Å². The molecule has 0 aliphatic carbocycles.